The van der Waals surface area contributed by atoms with Crippen LogP contribution in [0.25, 0.3) is 28.1 Å². The summed E-state index contributed by atoms with van der Waals surface area (Å²) in [6.07, 6.45) is -0.625. The van der Waals surface area contributed by atoms with Gasteiger partial charge in [0.05, 0.1) is 11.2 Å². The second kappa shape index (κ2) is 7.19. The van der Waals surface area contributed by atoms with Gasteiger partial charge in [-0.05, 0) is 48.0 Å². The Bertz CT molecular complexity index is 1490. The maximum atomic E-state index is 8.87. The van der Waals surface area contributed by atoms with E-state index in [9.17, 15) is 0 Å². The Balaban J connectivity index is 2.07. The van der Waals surface area contributed by atoms with Gasteiger partial charge in [-0.15, -0.1) is 0 Å². The smallest absolute Gasteiger partial charge is 0.228 e. The third-order valence-corrected chi connectivity index (χ3v) is 5.34. The van der Waals surface area contributed by atoms with Crippen LogP contribution < -0.4 is 0 Å². The first-order valence-electron chi connectivity index (χ1n) is 13.6. The van der Waals surface area contributed by atoms with Gasteiger partial charge in [-0.25, -0.2) is 4.98 Å². The lowest BCUT2D eigenvalue weighted by Crippen LogP contribution is -2.17. The third-order valence-electron chi connectivity index (χ3n) is 5.34. The van der Waals surface area contributed by atoms with E-state index >= 15 is 0 Å². The van der Waals surface area contributed by atoms with E-state index in [1.54, 1.807) is 26.8 Å². The van der Waals surface area contributed by atoms with Gasteiger partial charge in [0.15, 0.2) is 5.58 Å². The predicted octanol–water partition coefficient (Wildman–Crippen LogP) is 7.63. The van der Waals surface area contributed by atoms with E-state index in [-0.39, 0.29) is 22.0 Å². The van der Waals surface area contributed by atoms with Crippen molar-refractivity contribution in [1.29, 1.82) is 0 Å². The average molecular weight is 437 g/mol. The number of oxazole rings is 1. The van der Waals surface area contributed by atoms with Gasteiger partial charge in [0, 0.05) is 29.4 Å². The lowest BCUT2D eigenvalue weighted by atomic mass is 9.86. The molecule has 4 nitrogen and oxygen atoms in total. The molecule has 0 saturated heterocycles. The van der Waals surface area contributed by atoms with E-state index in [1.807, 2.05) is 18.2 Å². The minimum atomic E-state index is -2.50. The number of aromatic nitrogens is 3. The Morgan fingerprint density at radius 2 is 1.75 bits per heavy atom. The van der Waals surface area contributed by atoms with Crippen molar-refractivity contribution in [2.75, 3.05) is 0 Å². The van der Waals surface area contributed by atoms with Crippen LogP contribution >= 0.6 is 0 Å². The molecule has 1 aromatic carbocycles. The monoisotopic (exact) mass is 436 g/mol. The number of fused-ring (bicyclic) bond motifs is 3. The number of imidazole rings is 1. The average Bonchev–Trinajstić information content (AvgIpc) is 3.28. The fourth-order valence-electron chi connectivity index (χ4n) is 3.93. The van der Waals surface area contributed by atoms with Gasteiger partial charge in [-0.3, -0.25) is 9.38 Å². The van der Waals surface area contributed by atoms with Gasteiger partial charge >= 0.3 is 0 Å². The molecule has 4 rings (SSSR count). The summed E-state index contributed by atoms with van der Waals surface area (Å²) in [5.41, 5.74) is 2.80. The largest absolute Gasteiger partial charge is 0.435 e. The lowest BCUT2D eigenvalue weighted by Gasteiger charge is -2.20. The summed E-state index contributed by atoms with van der Waals surface area (Å²) in [7, 11) is 0. The molecule has 170 valence electrons. The van der Waals surface area contributed by atoms with E-state index in [0.717, 1.165) is 17.0 Å². The van der Waals surface area contributed by atoms with Crippen LogP contribution in [0.15, 0.2) is 34.9 Å². The zero-order valence-electron chi connectivity index (χ0n) is 25.6. The van der Waals surface area contributed by atoms with Crippen molar-refractivity contribution < 1.29 is 11.3 Å². The Kier molecular flexibility index (Phi) is 3.81. The van der Waals surface area contributed by atoms with Crippen LogP contribution in [0.2, 0.25) is 0 Å². The minimum Gasteiger partial charge on any atom is -0.435 e. The predicted molar refractivity (Wildman–Crippen MR) is 133 cm³/mol. The van der Waals surface area contributed by atoms with Gasteiger partial charge in [0.1, 0.15) is 11.5 Å². The first kappa shape index (κ1) is 16.9. The summed E-state index contributed by atoms with van der Waals surface area (Å²) < 4.78 is 50.4. The van der Waals surface area contributed by atoms with E-state index in [1.165, 1.54) is 6.20 Å². The molecule has 0 fully saturated rings. The van der Waals surface area contributed by atoms with Crippen LogP contribution in [0.5, 0.6) is 0 Å². The molecule has 0 radical (unpaired) electrons. The number of hydrogen-bond donors (Lipinski definition) is 0. The first-order chi connectivity index (χ1) is 16.7. The standard InChI is InChI=1S/C28H37N3O/c1-17-16-29-20(14-18(17)15-26(2,3)4)19-12-11-13-21-22(19)32-24-23(27(5,6)7)30-25(31(21)24)28(8,9)10/h11-14,16H,15H2,1-10H3/i1D3,15D2. The molecule has 0 unspecified atom stereocenters. The molecule has 0 spiro atoms. The molecule has 0 atom stereocenters. The highest BCUT2D eigenvalue weighted by Crippen LogP contribution is 2.38. The fourth-order valence-corrected chi connectivity index (χ4v) is 3.93. The summed E-state index contributed by atoms with van der Waals surface area (Å²) in [5.74, 6) is 0.888. The van der Waals surface area contributed by atoms with Gasteiger partial charge in [0.25, 0.3) is 0 Å². The fraction of sp³-hybridized carbons (Fsp3) is 0.500. The van der Waals surface area contributed by atoms with Crippen molar-refractivity contribution in [2.45, 2.75) is 86.4 Å². The van der Waals surface area contributed by atoms with Crippen molar-refractivity contribution in [3.05, 3.63) is 53.1 Å². The van der Waals surface area contributed by atoms with Crippen molar-refractivity contribution >= 4 is 16.8 Å². The van der Waals surface area contributed by atoms with Crippen LogP contribution in [0.4, 0.5) is 0 Å². The van der Waals surface area contributed by atoms with Gasteiger partial charge in [-0.1, -0.05) is 68.4 Å². The summed E-state index contributed by atoms with van der Waals surface area (Å²) in [6, 6.07) is 7.34. The molecule has 4 heteroatoms. The molecule has 32 heavy (non-hydrogen) atoms. The van der Waals surface area contributed by atoms with E-state index in [4.69, 9.17) is 16.3 Å². The molecule has 0 aliphatic heterocycles. The highest BCUT2D eigenvalue weighted by atomic mass is 16.3. The molecule has 0 amide bonds. The summed E-state index contributed by atoms with van der Waals surface area (Å²) in [4.78, 5) is 9.51. The second-order valence-electron chi connectivity index (χ2n) is 11.7. The van der Waals surface area contributed by atoms with Crippen LogP contribution in [0.1, 0.15) is 91.8 Å². The van der Waals surface area contributed by atoms with Crippen molar-refractivity contribution in [2.24, 2.45) is 5.41 Å². The molecule has 3 aromatic heterocycles. The van der Waals surface area contributed by atoms with Crippen molar-refractivity contribution in [3.63, 3.8) is 0 Å². The first-order valence-corrected chi connectivity index (χ1v) is 11.1. The molecule has 0 saturated carbocycles. The molecular weight excluding hydrogens is 394 g/mol. The van der Waals surface area contributed by atoms with Gasteiger partial charge < -0.3 is 4.42 Å². The maximum absolute atomic E-state index is 8.87. The van der Waals surface area contributed by atoms with Gasteiger partial charge in [0.2, 0.25) is 5.71 Å². The molecule has 4 aromatic rings. The zero-order valence-corrected chi connectivity index (χ0v) is 20.6. The normalized spacial score (nSPS) is 16.6. The minimum absolute atomic E-state index is 0.0785. The molecule has 0 bridgehead atoms. The summed E-state index contributed by atoms with van der Waals surface area (Å²) in [5, 5.41) is 0. The van der Waals surface area contributed by atoms with Crippen LogP contribution in [-0.2, 0) is 17.2 Å². The molecule has 3 heterocycles. The topological polar surface area (TPSA) is 43.3 Å². The third kappa shape index (κ3) is 3.96. The number of pyridine rings is 1. The summed E-state index contributed by atoms with van der Waals surface area (Å²) >= 11 is 0. The number of rotatable bonds is 2. The Labute approximate surface area is 199 Å². The van der Waals surface area contributed by atoms with Crippen molar-refractivity contribution in [3.8, 4) is 11.3 Å². The Morgan fingerprint density at radius 1 is 1.03 bits per heavy atom. The van der Waals surface area contributed by atoms with E-state index in [0.29, 0.717) is 22.6 Å². The number of benzene rings is 1. The Morgan fingerprint density at radius 3 is 2.34 bits per heavy atom. The quantitative estimate of drug-likeness (QED) is 0.324. The van der Waals surface area contributed by atoms with Crippen LogP contribution in [0.3, 0.4) is 0 Å². The highest BCUT2D eigenvalue weighted by molar-refractivity contribution is 5.92. The van der Waals surface area contributed by atoms with Gasteiger partial charge in [-0.2, -0.15) is 0 Å². The number of aryl methyl sites for hydroxylation is 1. The number of hydrogen-bond acceptors (Lipinski definition) is 3. The highest BCUT2D eigenvalue weighted by Gasteiger charge is 2.32. The summed E-state index contributed by atoms with van der Waals surface area (Å²) in [6.45, 7) is 15.5. The molecule has 0 aliphatic rings. The van der Waals surface area contributed by atoms with Crippen LogP contribution in [-0.4, -0.2) is 14.4 Å². The molecule has 0 aliphatic carbocycles. The van der Waals surface area contributed by atoms with Crippen molar-refractivity contribution in [1.82, 2.24) is 14.4 Å². The number of nitrogens with zero attached hydrogens (tertiary/aromatic N) is 3. The van der Waals surface area contributed by atoms with E-state index in [2.05, 4.69) is 50.9 Å². The van der Waals surface area contributed by atoms with Crippen LogP contribution in [0, 0.1) is 12.3 Å². The second-order valence-corrected chi connectivity index (χ2v) is 11.7. The maximum Gasteiger partial charge on any atom is 0.228 e. The Hall–Kier alpha value is -2.62. The SMILES string of the molecule is [2H]C([2H])([2H])c1cnc(-c2cccc3c2oc2c(C(C)(C)C)nc(C(C)(C)C)n23)cc1C([2H])([2H])C(C)(C)C. The molecular formula is C28H37N3O. The molecule has 0 N–H and O–H groups in total. The zero-order chi connectivity index (χ0) is 27.9. The number of para-hydroxylation sites is 1. The lowest BCUT2D eigenvalue weighted by molar-refractivity contribution is 0.410. The van der Waals surface area contributed by atoms with E-state index < -0.39 is 18.6 Å².